The molecule has 0 saturated heterocycles. The Balaban J connectivity index is 3.06. The summed E-state index contributed by atoms with van der Waals surface area (Å²) in [5.41, 5.74) is 0.230. The van der Waals surface area contributed by atoms with E-state index in [1.54, 1.807) is 21.3 Å². The van der Waals surface area contributed by atoms with Gasteiger partial charge in [0.15, 0.2) is 17.8 Å². The van der Waals surface area contributed by atoms with E-state index in [1.165, 1.54) is 12.1 Å². The molecule has 8 heteroatoms. The molecule has 0 aliphatic carbocycles. The van der Waals surface area contributed by atoms with Crippen LogP contribution in [0.2, 0.25) is 0 Å². The molecule has 0 aromatic heterocycles. The number of rotatable bonds is 13. The van der Waals surface area contributed by atoms with Crippen LogP contribution in [0.4, 0.5) is 0 Å². The highest BCUT2D eigenvalue weighted by molar-refractivity contribution is 5.54. The van der Waals surface area contributed by atoms with Gasteiger partial charge in [-0.25, -0.2) is 0 Å². The second-order valence-electron chi connectivity index (χ2n) is 4.74. The summed E-state index contributed by atoms with van der Waals surface area (Å²) in [6, 6.07) is 2.98. The molecule has 0 heterocycles. The predicted molar refractivity (Wildman–Crippen MR) is 85.7 cm³/mol. The molecule has 0 unspecified atom stereocenters. The van der Waals surface area contributed by atoms with Crippen molar-refractivity contribution in [2.45, 2.75) is 6.29 Å². The van der Waals surface area contributed by atoms with Crippen LogP contribution >= 0.6 is 0 Å². The van der Waals surface area contributed by atoms with Crippen LogP contribution in [0.25, 0.3) is 0 Å². The maximum absolute atomic E-state index is 9.46. The molecular formula is C16H26O8. The van der Waals surface area contributed by atoms with E-state index < -0.39 is 6.29 Å². The summed E-state index contributed by atoms with van der Waals surface area (Å²) in [4.78, 5) is 0. The standard InChI is InChI=1S/C16H26O8/c1-19-4-7-22-13-10-12(16(17)18)11-14(23-8-5-20-2)15(13)24-9-6-21-3/h10-11,16-18H,4-9H2,1-3H3. The Kier molecular flexibility index (Phi) is 10.1. The van der Waals surface area contributed by atoms with E-state index >= 15 is 0 Å². The summed E-state index contributed by atoms with van der Waals surface area (Å²) in [7, 11) is 4.69. The van der Waals surface area contributed by atoms with Crippen molar-refractivity contribution in [3.05, 3.63) is 17.7 Å². The summed E-state index contributed by atoms with van der Waals surface area (Å²) in [6.45, 7) is 1.99. The molecule has 2 N–H and O–H groups in total. The van der Waals surface area contributed by atoms with Gasteiger partial charge < -0.3 is 38.6 Å². The molecular weight excluding hydrogens is 320 g/mol. The Labute approximate surface area is 141 Å². The first kappa shape index (κ1) is 20.5. The fraction of sp³-hybridized carbons (Fsp3) is 0.625. The van der Waals surface area contributed by atoms with Crippen molar-refractivity contribution in [1.82, 2.24) is 0 Å². The van der Waals surface area contributed by atoms with Gasteiger partial charge in [0.1, 0.15) is 19.8 Å². The van der Waals surface area contributed by atoms with Crippen LogP contribution in [0.1, 0.15) is 11.9 Å². The number of benzene rings is 1. The first-order valence-corrected chi connectivity index (χ1v) is 7.53. The lowest BCUT2D eigenvalue weighted by Crippen LogP contribution is -2.12. The maximum atomic E-state index is 9.46. The van der Waals surface area contributed by atoms with Crippen LogP contribution < -0.4 is 14.2 Å². The SMILES string of the molecule is COCCOc1cc(C(O)O)cc(OCCOC)c1OCCOC. The van der Waals surface area contributed by atoms with Crippen molar-refractivity contribution in [3.63, 3.8) is 0 Å². The second-order valence-corrected chi connectivity index (χ2v) is 4.74. The van der Waals surface area contributed by atoms with Gasteiger partial charge >= 0.3 is 0 Å². The van der Waals surface area contributed by atoms with Crippen LogP contribution in [-0.4, -0.2) is 71.2 Å². The third-order valence-corrected chi connectivity index (χ3v) is 2.97. The highest BCUT2D eigenvalue weighted by Crippen LogP contribution is 2.40. The molecule has 0 bridgehead atoms. The normalized spacial score (nSPS) is 10.9. The van der Waals surface area contributed by atoms with Crippen LogP contribution in [0.3, 0.4) is 0 Å². The van der Waals surface area contributed by atoms with Gasteiger partial charge in [-0.2, -0.15) is 0 Å². The fourth-order valence-corrected chi connectivity index (χ4v) is 1.80. The van der Waals surface area contributed by atoms with Crippen molar-refractivity contribution in [2.24, 2.45) is 0 Å². The van der Waals surface area contributed by atoms with Gasteiger partial charge in [0, 0.05) is 26.9 Å². The molecule has 1 aromatic rings. The molecule has 0 spiro atoms. The average Bonchev–Trinajstić information content (AvgIpc) is 2.56. The number of methoxy groups -OCH3 is 3. The summed E-state index contributed by atoms with van der Waals surface area (Å²) in [6.07, 6.45) is -1.66. The van der Waals surface area contributed by atoms with E-state index in [9.17, 15) is 10.2 Å². The number of hydrogen-bond donors (Lipinski definition) is 2. The highest BCUT2D eigenvalue weighted by atomic mass is 16.6. The van der Waals surface area contributed by atoms with E-state index in [0.29, 0.717) is 43.7 Å². The van der Waals surface area contributed by atoms with Gasteiger partial charge in [-0.05, 0) is 12.1 Å². The molecule has 0 atom stereocenters. The van der Waals surface area contributed by atoms with Crippen molar-refractivity contribution in [2.75, 3.05) is 61.0 Å². The van der Waals surface area contributed by atoms with Crippen molar-refractivity contribution in [1.29, 1.82) is 0 Å². The van der Waals surface area contributed by atoms with Gasteiger partial charge in [-0.15, -0.1) is 0 Å². The molecule has 0 fully saturated rings. The van der Waals surface area contributed by atoms with Crippen molar-refractivity contribution in [3.8, 4) is 17.2 Å². The van der Waals surface area contributed by atoms with E-state index in [-0.39, 0.29) is 18.8 Å². The maximum Gasteiger partial charge on any atom is 0.203 e. The van der Waals surface area contributed by atoms with Crippen LogP contribution in [0, 0.1) is 0 Å². The quantitative estimate of drug-likeness (QED) is 0.399. The zero-order chi connectivity index (χ0) is 17.8. The monoisotopic (exact) mass is 346 g/mol. The lowest BCUT2D eigenvalue weighted by molar-refractivity contribution is -0.0428. The lowest BCUT2D eigenvalue weighted by atomic mass is 10.1. The lowest BCUT2D eigenvalue weighted by Gasteiger charge is -2.19. The molecule has 24 heavy (non-hydrogen) atoms. The Morgan fingerprint density at radius 1 is 0.708 bits per heavy atom. The van der Waals surface area contributed by atoms with E-state index in [0.717, 1.165) is 0 Å². The minimum absolute atomic E-state index is 0.230. The van der Waals surface area contributed by atoms with E-state index in [4.69, 9.17) is 28.4 Å². The molecule has 0 saturated carbocycles. The smallest absolute Gasteiger partial charge is 0.203 e. The topological polar surface area (TPSA) is 95.8 Å². The average molecular weight is 346 g/mol. The molecule has 1 rings (SSSR count). The molecule has 1 aromatic carbocycles. The van der Waals surface area contributed by atoms with Crippen LogP contribution in [0.5, 0.6) is 17.2 Å². The van der Waals surface area contributed by atoms with Crippen LogP contribution in [-0.2, 0) is 14.2 Å². The Morgan fingerprint density at radius 3 is 1.50 bits per heavy atom. The molecule has 0 aliphatic heterocycles. The Hall–Kier alpha value is -1.58. The zero-order valence-corrected chi connectivity index (χ0v) is 14.3. The van der Waals surface area contributed by atoms with Crippen LogP contribution in [0.15, 0.2) is 12.1 Å². The molecule has 0 radical (unpaired) electrons. The number of aliphatic hydroxyl groups excluding tert-OH is 1. The minimum atomic E-state index is -1.66. The zero-order valence-electron chi connectivity index (χ0n) is 14.3. The number of ether oxygens (including phenoxy) is 6. The summed E-state index contributed by atoms with van der Waals surface area (Å²) >= 11 is 0. The van der Waals surface area contributed by atoms with Gasteiger partial charge in [0.05, 0.1) is 19.8 Å². The first-order chi connectivity index (χ1) is 11.6. The molecule has 138 valence electrons. The summed E-state index contributed by atoms with van der Waals surface area (Å²) in [5, 5.41) is 18.9. The van der Waals surface area contributed by atoms with Crippen molar-refractivity contribution >= 4 is 0 Å². The number of aliphatic hydroxyl groups is 2. The Bertz CT molecular complexity index is 432. The van der Waals surface area contributed by atoms with Crippen molar-refractivity contribution < 1.29 is 38.6 Å². The van der Waals surface area contributed by atoms with Gasteiger partial charge in [-0.3, -0.25) is 0 Å². The largest absolute Gasteiger partial charge is 0.487 e. The van der Waals surface area contributed by atoms with E-state index in [1.807, 2.05) is 0 Å². The Morgan fingerprint density at radius 2 is 1.12 bits per heavy atom. The third kappa shape index (κ3) is 6.90. The van der Waals surface area contributed by atoms with E-state index in [2.05, 4.69) is 0 Å². The minimum Gasteiger partial charge on any atom is -0.487 e. The highest BCUT2D eigenvalue weighted by Gasteiger charge is 2.18. The predicted octanol–water partition coefficient (Wildman–Crippen LogP) is 0.745. The fourth-order valence-electron chi connectivity index (χ4n) is 1.80. The third-order valence-electron chi connectivity index (χ3n) is 2.97. The first-order valence-electron chi connectivity index (χ1n) is 7.53. The number of hydrogen-bond acceptors (Lipinski definition) is 8. The van der Waals surface area contributed by atoms with Gasteiger partial charge in [0.2, 0.25) is 5.75 Å². The van der Waals surface area contributed by atoms with Gasteiger partial charge in [0.25, 0.3) is 0 Å². The summed E-state index contributed by atoms with van der Waals surface area (Å²) < 4.78 is 31.8. The summed E-state index contributed by atoms with van der Waals surface area (Å²) in [5.74, 6) is 1.03. The van der Waals surface area contributed by atoms with Gasteiger partial charge in [-0.1, -0.05) is 0 Å². The molecule has 0 aliphatic rings. The molecule has 8 nitrogen and oxygen atoms in total. The second kappa shape index (κ2) is 11.9. The molecule has 0 amide bonds.